The summed E-state index contributed by atoms with van der Waals surface area (Å²) in [4.78, 5) is 0. The second kappa shape index (κ2) is 8.52. The normalized spacial score (nSPS) is 16.0. The molecular weight excluding hydrogens is 432 g/mol. The number of fused-ring (bicyclic) bond motifs is 3. The van der Waals surface area contributed by atoms with Crippen molar-refractivity contribution in [2.75, 3.05) is 0 Å². The van der Waals surface area contributed by atoms with Crippen LogP contribution in [-0.2, 0) is 0 Å². The lowest BCUT2D eigenvalue weighted by Crippen LogP contribution is -1.91. The Balaban J connectivity index is 1.58. The van der Waals surface area contributed by atoms with Crippen molar-refractivity contribution in [2.45, 2.75) is 0 Å². The van der Waals surface area contributed by atoms with Crippen LogP contribution in [0.25, 0.3) is 65.7 Å². The maximum Gasteiger partial charge on any atom is 0.0629 e. The maximum atomic E-state index is 9.07. The lowest BCUT2D eigenvalue weighted by atomic mass is 9.84. The van der Waals surface area contributed by atoms with Crippen LogP contribution in [-0.4, -0.2) is 0 Å². The number of hydrogen-bond donors (Lipinski definition) is 0. The van der Waals surface area contributed by atoms with E-state index in [1.165, 1.54) is 0 Å². The van der Waals surface area contributed by atoms with Gasteiger partial charge in [0, 0.05) is 0 Å². The van der Waals surface area contributed by atoms with Crippen molar-refractivity contribution in [2.24, 2.45) is 0 Å². The van der Waals surface area contributed by atoms with Crippen molar-refractivity contribution < 1.29 is 16.4 Å². The molecule has 0 spiro atoms. The summed E-state index contributed by atoms with van der Waals surface area (Å²) in [5.74, 6) is 0. The monoisotopic (exact) mass is 468 g/mol. The Morgan fingerprint density at radius 2 is 0.889 bits per heavy atom. The molecule has 0 aliphatic heterocycles. The third-order valence-corrected chi connectivity index (χ3v) is 6.46. The predicted octanol–water partition coefficient (Wildman–Crippen LogP) is 10.1. The molecular formula is C36H24. The first-order valence-corrected chi connectivity index (χ1v) is 11.5. The van der Waals surface area contributed by atoms with Crippen LogP contribution < -0.4 is 0 Å². The lowest BCUT2D eigenvalue weighted by molar-refractivity contribution is 1.61. The average molecular weight is 469 g/mol. The van der Waals surface area contributed by atoms with E-state index in [2.05, 4.69) is 0 Å². The van der Waals surface area contributed by atoms with Gasteiger partial charge in [-0.15, -0.1) is 0 Å². The van der Waals surface area contributed by atoms with Gasteiger partial charge in [0.15, 0.2) is 0 Å². The summed E-state index contributed by atoms with van der Waals surface area (Å²) in [6.07, 6.45) is 0. The van der Waals surface area contributed by atoms with Crippen molar-refractivity contribution in [1.82, 2.24) is 0 Å². The summed E-state index contributed by atoms with van der Waals surface area (Å²) >= 11 is 0. The lowest BCUT2D eigenvalue weighted by Gasteiger charge is -2.19. The Hall–Kier alpha value is -4.68. The zero-order chi connectivity index (χ0) is 34.3. The Labute approximate surface area is 228 Å². The second-order valence-corrected chi connectivity index (χ2v) is 8.42. The minimum Gasteiger partial charge on any atom is -0.0622 e. The number of benzene rings is 7. The van der Waals surface area contributed by atoms with Gasteiger partial charge in [0.1, 0.15) is 0 Å². The van der Waals surface area contributed by atoms with E-state index in [-0.39, 0.29) is 46.1 Å². The van der Waals surface area contributed by atoms with Gasteiger partial charge in [0.05, 0.1) is 16.4 Å². The van der Waals surface area contributed by atoms with Gasteiger partial charge in [-0.05, 0) is 65.7 Å². The fourth-order valence-corrected chi connectivity index (χ4v) is 4.91. The van der Waals surface area contributed by atoms with E-state index in [0.717, 1.165) is 21.9 Å². The van der Waals surface area contributed by atoms with E-state index in [1.807, 2.05) is 60.7 Å². The smallest absolute Gasteiger partial charge is 0.0622 e. The molecule has 0 unspecified atom stereocenters. The average Bonchev–Trinajstić information content (AvgIpc) is 3.10. The molecule has 0 radical (unpaired) electrons. The Morgan fingerprint density at radius 3 is 1.56 bits per heavy atom. The third kappa shape index (κ3) is 3.31. The summed E-state index contributed by atoms with van der Waals surface area (Å²) < 4.78 is 101. The molecule has 0 saturated heterocycles. The molecule has 0 bridgehead atoms. The first-order valence-electron chi connectivity index (χ1n) is 17.5. The molecule has 7 aromatic carbocycles. The van der Waals surface area contributed by atoms with E-state index >= 15 is 0 Å². The summed E-state index contributed by atoms with van der Waals surface area (Å²) in [5, 5.41) is 2.75. The highest BCUT2D eigenvalue weighted by Gasteiger charge is 2.17. The Bertz CT molecular complexity index is 2430. The zero-order valence-corrected chi connectivity index (χ0v) is 18.9. The molecule has 0 aliphatic carbocycles. The molecule has 0 heterocycles. The van der Waals surface area contributed by atoms with E-state index < -0.39 is 48.3 Å². The van der Waals surface area contributed by atoms with Gasteiger partial charge >= 0.3 is 0 Å². The van der Waals surface area contributed by atoms with E-state index in [4.69, 9.17) is 16.4 Å². The van der Waals surface area contributed by atoms with Crippen LogP contribution >= 0.6 is 0 Å². The molecule has 168 valence electrons. The Morgan fingerprint density at radius 1 is 0.361 bits per heavy atom. The van der Waals surface area contributed by atoms with Crippen LogP contribution in [0.4, 0.5) is 0 Å². The van der Waals surface area contributed by atoms with Gasteiger partial charge in [0.2, 0.25) is 0 Å². The van der Waals surface area contributed by atoms with Crippen LogP contribution in [0.5, 0.6) is 0 Å². The first kappa shape index (κ1) is 11.8. The molecule has 0 amide bonds. The van der Waals surface area contributed by atoms with E-state index in [1.54, 1.807) is 12.1 Å². The summed E-state index contributed by atoms with van der Waals surface area (Å²) in [5.41, 5.74) is 2.80. The van der Waals surface area contributed by atoms with Crippen LogP contribution in [0.2, 0.25) is 0 Å². The second-order valence-electron chi connectivity index (χ2n) is 8.42. The summed E-state index contributed by atoms with van der Waals surface area (Å²) in [7, 11) is 0. The van der Waals surface area contributed by atoms with E-state index in [0.29, 0.717) is 21.9 Å². The molecule has 36 heavy (non-hydrogen) atoms. The first-order chi connectivity index (χ1) is 22.9. The molecule has 0 heteroatoms. The van der Waals surface area contributed by atoms with Crippen molar-refractivity contribution in [3.8, 4) is 33.4 Å². The SMILES string of the molecule is [2H]c1c([2H])c([2H])c(-c2ccc(-c3c4ccccc4c(-c4c([2H])c([2H])c([2H])c5c([2H])c([2H])c([2H])c([2H])c45)c4ccccc34)cc2)c([2H])c1[2H]. The molecule has 0 aliphatic rings. The number of hydrogen-bond acceptors (Lipinski definition) is 0. The third-order valence-electron chi connectivity index (χ3n) is 6.46. The van der Waals surface area contributed by atoms with Gasteiger partial charge in [-0.25, -0.2) is 0 Å². The highest BCUT2D eigenvalue weighted by atomic mass is 14.2. The molecule has 0 atom stereocenters. The highest BCUT2D eigenvalue weighted by Crippen LogP contribution is 2.45. The summed E-state index contributed by atoms with van der Waals surface area (Å²) in [6, 6.07) is 17.1. The molecule has 7 aromatic rings. The molecule has 0 saturated carbocycles. The van der Waals surface area contributed by atoms with Gasteiger partial charge in [-0.1, -0.05) is 145 Å². The van der Waals surface area contributed by atoms with Crippen molar-refractivity contribution in [3.63, 3.8) is 0 Å². The number of rotatable bonds is 3. The molecule has 7 rings (SSSR count). The van der Waals surface area contributed by atoms with E-state index in [9.17, 15) is 0 Å². The van der Waals surface area contributed by atoms with Crippen LogP contribution in [0.15, 0.2) is 145 Å². The standard InChI is InChI=1S/C36H24/c1-2-11-25(12-3-1)26-21-23-28(24-22-26)35-31-16-6-8-18-33(31)36(34-19-9-7-17-32(34)35)30-20-10-14-27-13-4-5-15-29(27)30/h1-24H/i1D,2D,3D,4D,5D,10D,11D,12D,13D,14D,15D,20D. The van der Waals surface area contributed by atoms with Gasteiger partial charge in [-0.2, -0.15) is 0 Å². The molecule has 0 aromatic heterocycles. The maximum absolute atomic E-state index is 9.07. The predicted molar refractivity (Wildman–Crippen MR) is 155 cm³/mol. The van der Waals surface area contributed by atoms with Crippen LogP contribution in [0.1, 0.15) is 16.4 Å². The largest absolute Gasteiger partial charge is 0.0629 e. The molecule has 0 N–H and O–H groups in total. The Kier molecular flexibility index (Phi) is 2.80. The topological polar surface area (TPSA) is 0 Å². The fraction of sp³-hybridized carbons (Fsp3) is 0. The minimum absolute atomic E-state index is 0.0121. The van der Waals surface area contributed by atoms with Gasteiger partial charge in [0.25, 0.3) is 0 Å². The van der Waals surface area contributed by atoms with Gasteiger partial charge < -0.3 is 0 Å². The van der Waals surface area contributed by atoms with Crippen molar-refractivity contribution >= 4 is 32.3 Å². The quantitative estimate of drug-likeness (QED) is 0.226. The van der Waals surface area contributed by atoms with Crippen LogP contribution in [0, 0.1) is 0 Å². The van der Waals surface area contributed by atoms with Crippen LogP contribution in [0.3, 0.4) is 0 Å². The highest BCUT2D eigenvalue weighted by molar-refractivity contribution is 6.23. The molecule has 0 nitrogen and oxygen atoms in total. The van der Waals surface area contributed by atoms with Crippen molar-refractivity contribution in [1.29, 1.82) is 0 Å². The fourth-order valence-electron chi connectivity index (χ4n) is 4.91. The van der Waals surface area contributed by atoms with Gasteiger partial charge in [-0.3, -0.25) is 0 Å². The molecule has 0 fully saturated rings. The minimum atomic E-state index is -0.513. The summed E-state index contributed by atoms with van der Waals surface area (Å²) in [6.45, 7) is 0. The van der Waals surface area contributed by atoms with Crippen molar-refractivity contribution in [3.05, 3.63) is 145 Å². The zero-order valence-electron chi connectivity index (χ0n) is 30.9.